The van der Waals surface area contributed by atoms with Gasteiger partial charge >= 0.3 is 0 Å². The molecule has 0 saturated heterocycles. The van der Waals surface area contributed by atoms with Crippen molar-refractivity contribution in [1.82, 2.24) is 0 Å². The van der Waals surface area contributed by atoms with Crippen molar-refractivity contribution in [3.63, 3.8) is 0 Å². The molecule has 1 aromatic carbocycles. The minimum Gasteiger partial charge on any atom is -0.294 e. The third-order valence-corrected chi connectivity index (χ3v) is 3.10. The van der Waals surface area contributed by atoms with Crippen LogP contribution in [-0.2, 0) is 0 Å². The number of halogens is 1. The number of hydrogen-bond acceptors (Lipinski definition) is 1. The van der Waals surface area contributed by atoms with Crippen molar-refractivity contribution >= 4 is 5.78 Å². The van der Waals surface area contributed by atoms with Crippen molar-refractivity contribution in [3.05, 3.63) is 35.1 Å². The van der Waals surface area contributed by atoms with E-state index in [-0.39, 0.29) is 17.5 Å². The average molecular weight is 236 g/mol. The highest BCUT2D eigenvalue weighted by Gasteiger charge is 2.18. The van der Waals surface area contributed by atoms with Crippen molar-refractivity contribution in [2.45, 2.75) is 46.5 Å². The van der Waals surface area contributed by atoms with Crippen molar-refractivity contribution in [2.75, 3.05) is 0 Å². The van der Waals surface area contributed by atoms with E-state index in [2.05, 4.69) is 13.8 Å². The Kier molecular flexibility index (Phi) is 5.33. The van der Waals surface area contributed by atoms with E-state index in [0.29, 0.717) is 11.1 Å². The molecule has 0 spiro atoms. The Morgan fingerprint density at radius 3 is 2.29 bits per heavy atom. The predicted molar refractivity (Wildman–Crippen MR) is 68.8 cm³/mol. The smallest absolute Gasteiger partial charge is 0.166 e. The van der Waals surface area contributed by atoms with Crippen LogP contribution in [0.25, 0.3) is 0 Å². The molecule has 0 bridgehead atoms. The van der Waals surface area contributed by atoms with Crippen LogP contribution < -0.4 is 0 Å². The molecule has 0 unspecified atom stereocenters. The van der Waals surface area contributed by atoms with Crippen LogP contribution in [0.4, 0.5) is 4.39 Å². The van der Waals surface area contributed by atoms with Gasteiger partial charge in [-0.2, -0.15) is 0 Å². The molecule has 0 amide bonds. The topological polar surface area (TPSA) is 17.1 Å². The van der Waals surface area contributed by atoms with Gasteiger partial charge < -0.3 is 0 Å². The van der Waals surface area contributed by atoms with Gasteiger partial charge in [0, 0.05) is 11.5 Å². The molecule has 0 fully saturated rings. The third-order valence-electron chi connectivity index (χ3n) is 3.10. The van der Waals surface area contributed by atoms with E-state index in [4.69, 9.17) is 0 Å². The van der Waals surface area contributed by atoms with Crippen molar-refractivity contribution in [3.8, 4) is 0 Å². The number of carbonyl (C=O) groups excluding carboxylic acids is 1. The normalized spacial score (nSPS) is 10.9. The number of aryl methyl sites for hydroxylation is 1. The SMILES string of the molecule is CCCC(CCC)C(=O)c1ccc(C)c(F)c1. The Labute approximate surface area is 103 Å². The molecule has 0 saturated carbocycles. The van der Waals surface area contributed by atoms with E-state index < -0.39 is 0 Å². The van der Waals surface area contributed by atoms with Crippen LogP contribution in [0.3, 0.4) is 0 Å². The molecule has 0 N–H and O–H groups in total. The first kappa shape index (κ1) is 13.9. The number of benzene rings is 1. The van der Waals surface area contributed by atoms with E-state index in [1.807, 2.05) is 0 Å². The Balaban J connectivity index is 2.88. The van der Waals surface area contributed by atoms with Crippen LogP contribution >= 0.6 is 0 Å². The molecule has 94 valence electrons. The molecule has 0 radical (unpaired) electrons. The van der Waals surface area contributed by atoms with Gasteiger partial charge in [0.2, 0.25) is 0 Å². The van der Waals surface area contributed by atoms with Crippen LogP contribution in [0, 0.1) is 18.7 Å². The fraction of sp³-hybridized carbons (Fsp3) is 0.533. The first-order valence-corrected chi connectivity index (χ1v) is 6.40. The highest BCUT2D eigenvalue weighted by molar-refractivity contribution is 5.97. The third kappa shape index (κ3) is 3.65. The number of hydrogen-bond donors (Lipinski definition) is 0. The number of ketones is 1. The standard InChI is InChI=1S/C15H21FO/c1-4-6-12(7-5-2)15(17)13-9-8-11(3)14(16)10-13/h8-10,12H,4-7H2,1-3H3. The van der Waals surface area contributed by atoms with Gasteiger partial charge in [-0.3, -0.25) is 4.79 Å². The summed E-state index contributed by atoms with van der Waals surface area (Å²) in [6, 6.07) is 4.78. The summed E-state index contributed by atoms with van der Waals surface area (Å²) >= 11 is 0. The molecule has 0 heterocycles. The molecule has 0 aliphatic heterocycles. The lowest BCUT2D eigenvalue weighted by Crippen LogP contribution is -2.15. The van der Waals surface area contributed by atoms with Crippen LogP contribution in [-0.4, -0.2) is 5.78 Å². The van der Waals surface area contributed by atoms with E-state index in [9.17, 15) is 9.18 Å². The van der Waals surface area contributed by atoms with Crippen molar-refractivity contribution in [1.29, 1.82) is 0 Å². The zero-order valence-corrected chi connectivity index (χ0v) is 10.9. The summed E-state index contributed by atoms with van der Waals surface area (Å²) in [6.07, 6.45) is 3.76. The molecule has 0 aliphatic carbocycles. The van der Waals surface area contributed by atoms with Gasteiger partial charge in [0.15, 0.2) is 5.78 Å². The van der Waals surface area contributed by atoms with Gasteiger partial charge in [0.25, 0.3) is 0 Å². The maximum atomic E-state index is 13.4. The van der Waals surface area contributed by atoms with Crippen molar-refractivity contribution < 1.29 is 9.18 Å². The summed E-state index contributed by atoms with van der Waals surface area (Å²) in [5, 5.41) is 0. The molecular weight excluding hydrogens is 215 g/mol. The lowest BCUT2D eigenvalue weighted by molar-refractivity contribution is 0.0904. The van der Waals surface area contributed by atoms with Gasteiger partial charge in [-0.15, -0.1) is 0 Å². The van der Waals surface area contributed by atoms with Gasteiger partial charge in [-0.05, 0) is 31.4 Å². The first-order chi connectivity index (χ1) is 8.10. The fourth-order valence-corrected chi connectivity index (χ4v) is 2.09. The zero-order chi connectivity index (χ0) is 12.8. The highest BCUT2D eigenvalue weighted by atomic mass is 19.1. The minimum absolute atomic E-state index is 0.0482. The Morgan fingerprint density at radius 1 is 1.24 bits per heavy atom. The largest absolute Gasteiger partial charge is 0.294 e. The highest BCUT2D eigenvalue weighted by Crippen LogP contribution is 2.20. The molecule has 0 aliphatic rings. The predicted octanol–water partition coefficient (Wildman–Crippen LogP) is 4.53. The van der Waals surface area contributed by atoms with Gasteiger partial charge in [0.1, 0.15) is 5.82 Å². The molecule has 2 heteroatoms. The second-order valence-corrected chi connectivity index (χ2v) is 4.60. The molecule has 1 rings (SSSR count). The Hall–Kier alpha value is -1.18. The van der Waals surface area contributed by atoms with Gasteiger partial charge in [0.05, 0.1) is 0 Å². The summed E-state index contributed by atoms with van der Waals surface area (Å²) < 4.78 is 13.4. The zero-order valence-electron chi connectivity index (χ0n) is 10.9. The van der Waals surface area contributed by atoms with Crippen LogP contribution in [0.2, 0.25) is 0 Å². The molecule has 0 aromatic heterocycles. The maximum Gasteiger partial charge on any atom is 0.166 e. The van der Waals surface area contributed by atoms with E-state index >= 15 is 0 Å². The van der Waals surface area contributed by atoms with Crippen LogP contribution in [0.1, 0.15) is 55.5 Å². The molecule has 1 aromatic rings. The Bertz CT molecular complexity index is 379. The van der Waals surface area contributed by atoms with E-state index in [0.717, 1.165) is 25.7 Å². The summed E-state index contributed by atoms with van der Waals surface area (Å²) in [5.41, 5.74) is 1.10. The minimum atomic E-state index is -0.289. The molecular formula is C15H21FO. The summed E-state index contributed by atoms with van der Waals surface area (Å²) in [7, 11) is 0. The molecule has 17 heavy (non-hydrogen) atoms. The fourth-order valence-electron chi connectivity index (χ4n) is 2.09. The lowest BCUT2D eigenvalue weighted by atomic mass is 9.89. The summed E-state index contributed by atoms with van der Waals surface area (Å²) in [5.74, 6) is -0.151. The van der Waals surface area contributed by atoms with E-state index in [1.54, 1.807) is 19.1 Å². The van der Waals surface area contributed by atoms with E-state index in [1.165, 1.54) is 6.07 Å². The quantitative estimate of drug-likeness (QED) is 0.663. The first-order valence-electron chi connectivity index (χ1n) is 6.40. The second-order valence-electron chi connectivity index (χ2n) is 4.60. The lowest BCUT2D eigenvalue weighted by Gasteiger charge is -2.14. The van der Waals surface area contributed by atoms with Gasteiger partial charge in [-0.25, -0.2) is 4.39 Å². The molecule has 0 atom stereocenters. The Morgan fingerprint density at radius 2 is 1.82 bits per heavy atom. The summed E-state index contributed by atoms with van der Waals surface area (Å²) in [6.45, 7) is 5.86. The number of Topliss-reactive ketones (excluding diaryl/α,β-unsaturated/α-hetero) is 1. The van der Waals surface area contributed by atoms with Crippen molar-refractivity contribution in [2.24, 2.45) is 5.92 Å². The van der Waals surface area contributed by atoms with Crippen LogP contribution in [0.5, 0.6) is 0 Å². The summed E-state index contributed by atoms with van der Waals surface area (Å²) in [4.78, 5) is 12.2. The number of rotatable bonds is 6. The maximum absolute atomic E-state index is 13.4. The number of carbonyl (C=O) groups is 1. The van der Waals surface area contributed by atoms with Gasteiger partial charge in [-0.1, -0.05) is 38.8 Å². The van der Waals surface area contributed by atoms with Crippen LogP contribution in [0.15, 0.2) is 18.2 Å². The molecule has 1 nitrogen and oxygen atoms in total. The second kappa shape index (κ2) is 6.53. The monoisotopic (exact) mass is 236 g/mol. The average Bonchev–Trinajstić information content (AvgIpc) is 2.31.